The molecule has 0 radical (unpaired) electrons. The zero-order chi connectivity index (χ0) is 22.1. The van der Waals surface area contributed by atoms with Crippen LogP contribution in [0.25, 0.3) is 0 Å². The number of amides is 2. The molecule has 0 unspecified atom stereocenters. The molecule has 1 aliphatic rings. The number of carbonyl (C=O) groups excluding carboxylic acids is 2. The van der Waals surface area contributed by atoms with Crippen LogP contribution in [0.1, 0.15) is 26.8 Å². The van der Waals surface area contributed by atoms with Crippen LogP contribution in [0.4, 0.5) is 5.69 Å². The second kappa shape index (κ2) is 10.8. The Morgan fingerprint density at radius 1 is 1.27 bits per heavy atom. The number of hydrogen-bond donors (Lipinski definition) is 2. The molecule has 0 spiro atoms. The van der Waals surface area contributed by atoms with Crippen molar-refractivity contribution in [2.45, 2.75) is 19.3 Å². The van der Waals surface area contributed by atoms with Crippen molar-refractivity contribution in [1.82, 2.24) is 14.9 Å². The summed E-state index contributed by atoms with van der Waals surface area (Å²) >= 11 is 1.33. The van der Waals surface area contributed by atoms with Crippen LogP contribution in [0.3, 0.4) is 0 Å². The van der Waals surface area contributed by atoms with E-state index in [1.807, 2.05) is 0 Å². The minimum Gasteiger partial charge on any atom is -0.483 e. The topological polar surface area (TPSA) is 147 Å². The third-order valence-electron chi connectivity index (χ3n) is 4.18. The lowest BCUT2D eigenvalue weighted by molar-refractivity contribution is -0.130. The molecule has 162 valence electrons. The molecule has 2 N–H and O–H groups in total. The molecule has 0 atom stereocenters. The first-order valence-electron chi connectivity index (χ1n) is 8.97. The lowest BCUT2D eigenvalue weighted by atomic mass is 10.2. The summed E-state index contributed by atoms with van der Waals surface area (Å²) in [5.74, 6) is -0.562. The number of nitrogens with one attached hydrogen (secondary N) is 1. The number of nitrogens with zero attached hydrogens (tertiary/aromatic N) is 3. The van der Waals surface area contributed by atoms with Gasteiger partial charge in [0.05, 0.1) is 11.4 Å². The second-order valence-corrected chi connectivity index (χ2v) is 9.79. The lowest BCUT2D eigenvalue weighted by Crippen LogP contribution is -2.34. The fourth-order valence-electron chi connectivity index (χ4n) is 2.76. The third kappa shape index (κ3) is 7.19. The molecule has 30 heavy (non-hydrogen) atoms. The summed E-state index contributed by atoms with van der Waals surface area (Å²) < 4.78 is 22.5. The van der Waals surface area contributed by atoms with Crippen LogP contribution >= 0.6 is 11.3 Å². The number of thiazole rings is 1. The summed E-state index contributed by atoms with van der Waals surface area (Å²) in [4.78, 5) is 44.0. The van der Waals surface area contributed by atoms with Gasteiger partial charge in [-0.2, -0.15) is 0 Å². The summed E-state index contributed by atoms with van der Waals surface area (Å²) in [5.41, 5.74) is 1.49. The summed E-state index contributed by atoms with van der Waals surface area (Å²) in [7, 11) is -3.16. The monoisotopic (exact) mass is 454 g/mol. The molecule has 2 aromatic heterocycles. The molecule has 10 nitrogen and oxygen atoms in total. The first kappa shape index (κ1) is 23.4. The van der Waals surface area contributed by atoms with Gasteiger partial charge in [-0.3, -0.25) is 19.4 Å². The second-order valence-electron chi connectivity index (χ2n) is 6.44. The summed E-state index contributed by atoms with van der Waals surface area (Å²) in [6, 6.07) is 3.41. The number of fused-ring (bicyclic) bond motifs is 1. The molecule has 0 saturated carbocycles. The Morgan fingerprint density at radius 3 is 2.53 bits per heavy atom. The Kier molecular flexibility index (Phi) is 8.42. The van der Waals surface area contributed by atoms with E-state index < -0.39 is 9.84 Å². The van der Waals surface area contributed by atoms with E-state index in [0.29, 0.717) is 36.6 Å². The summed E-state index contributed by atoms with van der Waals surface area (Å²) in [6.45, 7) is 0.730. The van der Waals surface area contributed by atoms with Gasteiger partial charge in [-0.1, -0.05) is 0 Å². The predicted molar refractivity (Wildman–Crippen MR) is 111 cm³/mol. The van der Waals surface area contributed by atoms with Gasteiger partial charge in [-0.05, 0) is 12.1 Å². The third-order valence-corrected chi connectivity index (χ3v) is 6.28. The van der Waals surface area contributed by atoms with Gasteiger partial charge >= 0.3 is 0 Å². The maximum atomic E-state index is 12.4. The molecule has 2 amide bonds. The molecule has 3 heterocycles. The van der Waals surface area contributed by atoms with Gasteiger partial charge in [0.15, 0.2) is 5.01 Å². The molecule has 0 fully saturated rings. The van der Waals surface area contributed by atoms with Crippen LogP contribution in [0.2, 0.25) is 0 Å². The van der Waals surface area contributed by atoms with E-state index in [4.69, 9.17) is 9.90 Å². The fourth-order valence-corrected chi connectivity index (χ4v) is 4.30. The van der Waals surface area contributed by atoms with Gasteiger partial charge in [0, 0.05) is 61.6 Å². The first-order valence-corrected chi connectivity index (χ1v) is 11.8. The van der Waals surface area contributed by atoms with Crippen LogP contribution in [0.15, 0.2) is 24.5 Å². The van der Waals surface area contributed by atoms with Crippen LogP contribution < -0.4 is 5.32 Å². The average Bonchev–Trinajstić information content (AvgIpc) is 3.00. The number of rotatable bonds is 5. The van der Waals surface area contributed by atoms with Crippen molar-refractivity contribution in [2.24, 2.45) is 0 Å². The van der Waals surface area contributed by atoms with Crippen molar-refractivity contribution in [3.8, 4) is 0 Å². The Morgan fingerprint density at radius 2 is 1.90 bits per heavy atom. The molecule has 0 aromatic carbocycles. The van der Waals surface area contributed by atoms with Crippen molar-refractivity contribution in [1.29, 1.82) is 0 Å². The van der Waals surface area contributed by atoms with Crippen LogP contribution in [-0.2, 0) is 32.3 Å². The van der Waals surface area contributed by atoms with Gasteiger partial charge in [0.1, 0.15) is 9.84 Å². The van der Waals surface area contributed by atoms with Gasteiger partial charge in [0.25, 0.3) is 12.4 Å². The molecule has 12 heteroatoms. The number of aromatic nitrogens is 2. The summed E-state index contributed by atoms with van der Waals surface area (Å²) in [6.07, 6.45) is 5.49. The summed E-state index contributed by atoms with van der Waals surface area (Å²) in [5, 5.41) is 10.1. The highest BCUT2D eigenvalue weighted by Gasteiger charge is 2.23. The van der Waals surface area contributed by atoms with Gasteiger partial charge < -0.3 is 15.3 Å². The van der Waals surface area contributed by atoms with E-state index in [2.05, 4.69) is 15.3 Å². The minimum absolute atomic E-state index is 0.000497. The molecule has 0 saturated heterocycles. The maximum Gasteiger partial charge on any atom is 0.290 e. The van der Waals surface area contributed by atoms with Gasteiger partial charge in [-0.25, -0.2) is 13.4 Å². The number of hydrogen-bond acceptors (Lipinski definition) is 8. The van der Waals surface area contributed by atoms with Crippen LogP contribution in [0, 0.1) is 0 Å². The quantitative estimate of drug-likeness (QED) is 0.632. The highest BCUT2D eigenvalue weighted by molar-refractivity contribution is 7.90. The van der Waals surface area contributed by atoms with E-state index in [1.165, 1.54) is 11.3 Å². The van der Waals surface area contributed by atoms with E-state index in [-0.39, 0.29) is 30.5 Å². The van der Waals surface area contributed by atoms with Crippen LogP contribution in [0.5, 0.6) is 0 Å². The Labute approximate surface area is 177 Å². The highest BCUT2D eigenvalue weighted by Crippen LogP contribution is 2.24. The number of carboxylic acid groups (broad SMARTS) is 1. The highest BCUT2D eigenvalue weighted by atomic mass is 32.2. The lowest BCUT2D eigenvalue weighted by Gasteiger charge is -2.19. The number of pyridine rings is 1. The Bertz CT molecular complexity index is 966. The smallest absolute Gasteiger partial charge is 0.290 e. The van der Waals surface area contributed by atoms with E-state index in [0.717, 1.165) is 16.8 Å². The van der Waals surface area contributed by atoms with Gasteiger partial charge in [-0.15, -0.1) is 11.3 Å². The van der Waals surface area contributed by atoms with Crippen molar-refractivity contribution in [3.63, 3.8) is 0 Å². The Balaban J connectivity index is 0.00000101. The van der Waals surface area contributed by atoms with Crippen molar-refractivity contribution < 1.29 is 27.9 Å². The molecular weight excluding hydrogens is 432 g/mol. The van der Waals surface area contributed by atoms with E-state index >= 15 is 0 Å². The normalized spacial score (nSPS) is 13.3. The van der Waals surface area contributed by atoms with Crippen molar-refractivity contribution in [3.05, 3.63) is 40.1 Å². The molecule has 3 rings (SSSR count). The average molecular weight is 455 g/mol. The molecular formula is C18H22N4O6S2. The number of carbonyl (C=O) groups is 3. The standard InChI is InChI=1S/C17H20N4O4S2.CH2O2/c1-27(24,25)11-6-15(22)21-9-4-13-14(5-10-21)26-17(20-13)16(23)19-12-2-7-18-8-3-12;2-1-3/h2-3,7-8H,4-6,9-11H2,1H3,(H,18,19,23);1H,(H,2,3). The first-order chi connectivity index (χ1) is 14.2. The fraction of sp³-hybridized carbons (Fsp3) is 0.389. The largest absolute Gasteiger partial charge is 0.483 e. The molecule has 0 aliphatic carbocycles. The number of sulfone groups is 1. The molecule has 1 aliphatic heterocycles. The zero-order valence-electron chi connectivity index (χ0n) is 16.3. The molecule has 2 aromatic rings. The van der Waals surface area contributed by atoms with E-state index in [9.17, 15) is 18.0 Å². The zero-order valence-corrected chi connectivity index (χ0v) is 17.9. The SMILES string of the molecule is CS(=O)(=O)CCC(=O)N1CCc2nc(C(=O)Nc3ccncc3)sc2CC1.O=CO. The van der Waals surface area contributed by atoms with E-state index in [1.54, 1.807) is 29.4 Å². The predicted octanol–water partition coefficient (Wildman–Crippen LogP) is 0.853. The number of anilines is 1. The molecule has 0 bridgehead atoms. The Hall–Kier alpha value is -2.86. The van der Waals surface area contributed by atoms with Crippen molar-refractivity contribution >= 4 is 45.1 Å². The maximum absolute atomic E-state index is 12.4. The minimum atomic E-state index is -3.16. The van der Waals surface area contributed by atoms with Gasteiger partial charge in [0.2, 0.25) is 5.91 Å². The van der Waals surface area contributed by atoms with Crippen molar-refractivity contribution in [2.75, 3.05) is 30.4 Å². The van der Waals surface area contributed by atoms with Crippen LogP contribution in [-0.4, -0.2) is 71.8 Å².